The smallest absolute Gasteiger partial charge is 0.228 e. The van der Waals surface area contributed by atoms with Crippen LogP contribution in [0, 0.1) is 0 Å². The van der Waals surface area contributed by atoms with Crippen LogP contribution in [0.1, 0.15) is 11.1 Å². The number of nitrogens with one attached hydrogen (secondary N) is 1. The summed E-state index contributed by atoms with van der Waals surface area (Å²) in [5.74, 6) is 1.17. The number of fused-ring (bicyclic) bond motifs is 2. The van der Waals surface area contributed by atoms with Crippen LogP contribution in [0.2, 0.25) is 5.02 Å². The molecule has 1 amide bonds. The molecule has 3 heterocycles. The summed E-state index contributed by atoms with van der Waals surface area (Å²) in [5, 5.41) is 4.86. The maximum absolute atomic E-state index is 11.6. The van der Waals surface area contributed by atoms with E-state index in [4.69, 9.17) is 11.6 Å². The fourth-order valence-electron chi connectivity index (χ4n) is 4.05. The molecule has 0 unspecified atom stereocenters. The SMILES string of the molecule is O.O.O.O=C1Cc2cc(CCN3CCN(c4nsc5ccccc45)CC3)c(Cl)cc2N1. The van der Waals surface area contributed by atoms with Crippen molar-refractivity contribution < 1.29 is 21.2 Å². The minimum Gasteiger partial charge on any atom is -0.412 e. The van der Waals surface area contributed by atoms with Gasteiger partial charge in [-0.05, 0) is 47.3 Å². The second-order valence-corrected chi connectivity index (χ2v) is 8.62. The number of carbonyl (C=O) groups excluding carboxylic acids is 1. The van der Waals surface area contributed by atoms with Crippen molar-refractivity contribution in [3.05, 3.63) is 52.5 Å². The fraction of sp³-hybridized carbons (Fsp3) is 0.333. The summed E-state index contributed by atoms with van der Waals surface area (Å²) in [7, 11) is 0. The molecule has 1 saturated heterocycles. The van der Waals surface area contributed by atoms with E-state index in [0.717, 1.165) is 66.8 Å². The summed E-state index contributed by atoms with van der Waals surface area (Å²) in [6, 6.07) is 12.4. The second-order valence-electron chi connectivity index (χ2n) is 7.41. The first-order valence-corrected chi connectivity index (χ1v) is 10.8. The van der Waals surface area contributed by atoms with Crippen molar-refractivity contribution in [3.63, 3.8) is 0 Å². The van der Waals surface area contributed by atoms with Gasteiger partial charge in [-0.3, -0.25) is 9.69 Å². The summed E-state index contributed by atoms with van der Waals surface area (Å²) in [5.41, 5.74) is 3.05. The molecular weight excluding hydrogens is 440 g/mol. The van der Waals surface area contributed by atoms with Crippen LogP contribution in [-0.4, -0.2) is 64.3 Å². The molecule has 1 aromatic heterocycles. The second kappa shape index (κ2) is 10.4. The zero-order valence-corrected chi connectivity index (χ0v) is 18.5. The predicted molar refractivity (Wildman–Crippen MR) is 127 cm³/mol. The summed E-state index contributed by atoms with van der Waals surface area (Å²) in [4.78, 5) is 16.4. The molecule has 3 aromatic rings. The lowest BCUT2D eigenvalue weighted by molar-refractivity contribution is -0.115. The van der Waals surface area contributed by atoms with Gasteiger partial charge in [-0.1, -0.05) is 29.8 Å². The molecule has 0 aliphatic carbocycles. The third kappa shape index (κ3) is 4.98. The predicted octanol–water partition coefficient (Wildman–Crippen LogP) is 1.33. The van der Waals surface area contributed by atoms with E-state index in [0.29, 0.717) is 6.42 Å². The molecule has 31 heavy (non-hydrogen) atoms. The molecule has 168 valence electrons. The molecule has 0 radical (unpaired) electrons. The van der Waals surface area contributed by atoms with Gasteiger partial charge in [-0.2, -0.15) is 4.37 Å². The monoisotopic (exact) mass is 466 g/mol. The molecule has 10 heteroatoms. The van der Waals surface area contributed by atoms with Crippen LogP contribution in [0.15, 0.2) is 36.4 Å². The highest BCUT2D eigenvalue weighted by molar-refractivity contribution is 7.13. The number of benzene rings is 2. The number of anilines is 2. The molecule has 0 atom stereocenters. The van der Waals surface area contributed by atoms with Gasteiger partial charge in [0.25, 0.3) is 0 Å². The van der Waals surface area contributed by atoms with Crippen molar-refractivity contribution in [2.24, 2.45) is 0 Å². The summed E-state index contributed by atoms with van der Waals surface area (Å²) >= 11 is 8.01. The highest BCUT2D eigenvalue weighted by Crippen LogP contribution is 2.31. The Balaban J connectivity index is 0.00000114. The summed E-state index contributed by atoms with van der Waals surface area (Å²) < 4.78 is 5.94. The van der Waals surface area contributed by atoms with Crippen molar-refractivity contribution in [3.8, 4) is 0 Å². The van der Waals surface area contributed by atoms with Crippen LogP contribution in [0.3, 0.4) is 0 Å². The summed E-state index contributed by atoms with van der Waals surface area (Å²) in [6.07, 6.45) is 1.36. The molecule has 2 aromatic carbocycles. The first-order chi connectivity index (χ1) is 13.7. The number of nitrogens with zero attached hydrogens (tertiary/aromatic N) is 3. The minimum absolute atomic E-state index is 0. The normalized spacial score (nSPS) is 15.5. The largest absolute Gasteiger partial charge is 0.412 e. The van der Waals surface area contributed by atoms with Crippen LogP contribution in [-0.2, 0) is 17.6 Å². The standard InChI is InChI=1S/C21H21ClN4OS.3H2O/c22-17-13-18-15(12-20(27)23-18)11-14(17)5-6-25-7-9-26(10-8-25)21-16-3-1-2-4-19(16)28-24-21;;;/h1-4,11,13H,5-10,12H2,(H,23,27);3*1H2. The van der Waals surface area contributed by atoms with Gasteiger partial charge in [-0.25, -0.2) is 0 Å². The number of rotatable bonds is 4. The van der Waals surface area contributed by atoms with Gasteiger partial charge in [0.1, 0.15) is 5.82 Å². The molecular formula is C21H27ClN4O4S. The lowest BCUT2D eigenvalue weighted by Gasteiger charge is -2.35. The van der Waals surface area contributed by atoms with E-state index in [1.165, 1.54) is 10.1 Å². The average molecular weight is 467 g/mol. The molecule has 0 bridgehead atoms. The van der Waals surface area contributed by atoms with Crippen molar-refractivity contribution in [1.29, 1.82) is 0 Å². The Morgan fingerprint density at radius 2 is 1.81 bits per heavy atom. The topological polar surface area (TPSA) is 143 Å². The van der Waals surface area contributed by atoms with Crippen LogP contribution in [0.5, 0.6) is 0 Å². The van der Waals surface area contributed by atoms with Crippen molar-refractivity contribution in [1.82, 2.24) is 9.27 Å². The number of aromatic nitrogens is 1. The Hall–Kier alpha value is -2.27. The van der Waals surface area contributed by atoms with Crippen molar-refractivity contribution in [2.45, 2.75) is 12.8 Å². The van der Waals surface area contributed by atoms with Crippen LogP contribution >= 0.6 is 23.1 Å². The zero-order chi connectivity index (χ0) is 19.1. The van der Waals surface area contributed by atoms with Crippen LogP contribution in [0.25, 0.3) is 10.1 Å². The van der Waals surface area contributed by atoms with Gasteiger partial charge >= 0.3 is 0 Å². The quantitative estimate of drug-likeness (QED) is 0.618. The number of hydrogen-bond acceptors (Lipinski definition) is 5. The molecule has 0 saturated carbocycles. The van der Waals surface area contributed by atoms with E-state index in [9.17, 15) is 4.79 Å². The van der Waals surface area contributed by atoms with Gasteiger partial charge in [0.2, 0.25) is 5.91 Å². The Labute approximate surface area is 189 Å². The highest BCUT2D eigenvalue weighted by Gasteiger charge is 2.22. The summed E-state index contributed by atoms with van der Waals surface area (Å²) in [6.45, 7) is 5.00. The maximum Gasteiger partial charge on any atom is 0.228 e. The average Bonchev–Trinajstić information content (AvgIpc) is 3.29. The number of piperazine rings is 1. The van der Waals surface area contributed by atoms with E-state index < -0.39 is 0 Å². The third-order valence-electron chi connectivity index (χ3n) is 5.62. The van der Waals surface area contributed by atoms with Gasteiger partial charge < -0.3 is 26.6 Å². The lowest BCUT2D eigenvalue weighted by Crippen LogP contribution is -2.47. The Morgan fingerprint density at radius 1 is 1.06 bits per heavy atom. The van der Waals surface area contributed by atoms with E-state index in [1.807, 2.05) is 6.07 Å². The number of halogens is 1. The molecule has 7 N–H and O–H groups in total. The van der Waals surface area contributed by atoms with E-state index >= 15 is 0 Å². The third-order valence-corrected chi connectivity index (χ3v) is 6.79. The zero-order valence-electron chi connectivity index (χ0n) is 16.9. The van der Waals surface area contributed by atoms with Crippen LogP contribution in [0.4, 0.5) is 11.5 Å². The highest BCUT2D eigenvalue weighted by atomic mass is 35.5. The Bertz CT molecular complexity index is 1050. The van der Waals surface area contributed by atoms with Gasteiger partial charge in [0.15, 0.2) is 0 Å². The number of carbonyl (C=O) groups is 1. The molecule has 0 spiro atoms. The first kappa shape index (κ1) is 25.0. The van der Waals surface area contributed by atoms with Gasteiger partial charge in [0, 0.05) is 48.8 Å². The van der Waals surface area contributed by atoms with E-state index in [2.05, 4.69) is 49.8 Å². The molecule has 1 fully saturated rings. The Kier molecular flexibility index (Phi) is 8.35. The molecule has 8 nitrogen and oxygen atoms in total. The fourth-order valence-corrected chi connectivity index (χ4v) is 5.11. The van der Waals surface area contributed by atoms with Crippen molar-refractivity contribution in [2.75, 3.05) is 42.9 Å². The molecule has 5 rings (SSSR count). The van der Waals surface area contributed by atoms with Crippen LogP contribution < -0.4 is 10.2 Å². The maximum atomic E-state index is 11.6. The number of amides is 1. The first-order valence-electron chi connectivity index (χ1n) is 9.60. The molecule has 2 aliphatic heterocycles. The minimum atomic E-state index is 0. The number of hydrogen-bond donors (Lipinski definition) is 1. The van der Waals surface area contributed by atoms with Gasteiger partial charge in [-0.15, -0.1) is 0 Å². The van der Waals surface area contributed by atoms with Crippen molar-refractivity contribution >= 4 is 50.6 Å². The lowest BCUT2D eigenvalue weighted by atomic mass is 10.1. The van der Waals surface area contributed by atoms with E-state index in [1.54, 1.807) is 11.5 Å². The Morgan fingerprint density at radius 3 is 2.58 bits per heavy atom. The van der Waals surface area contributed by atoms with Gasteiger partial charge in [0.05, 0.1) is 11.1 Å². The van der Waals surface area contributed by atoms with E-state index in [-0.39, 0.29) is 22.3 Å². The molecule has 2 aliphatic rings.